The van der Waals surface area contributed by atoms with Crippen LogP contribution in [0, 0.1) is 0 Å². The smallest absolute Gasteiger partial charge is 0.251 e. The van der Waals surface area contributed by atoms with Gasteiger partial charge in [-0.15, -0.1) is 0 Å². The molecule has 0 fully saturated rings. The second-order valence-corrected chi connectivity index (χ2v) is 9.39. The molecule has 0 amide bonds. The summed E-state index contributed by atoms with van der Waals surface area (Å²) in [6, 6.07) is 0. The molecule has 0 saturated carbocycles. The molecule has 19 heavy (non-hydrogen) atoms. The number of ether oxygens (including phenoxy) is 1. The Bertz CT molecular complexity index is 178. The molecule has 0 aliphatic heterocycles. The second kappa shape index (κ2) is 14.1. The van der Waals surface area contributed by atoms with E-state index in [2.05, 4.69) is 32.4 Å². The molecule has 0 aliphatic rings. The Morgan fingerprint density at radius 2 is 1.16 bits per heavy atom. The maximum Gasteiger partial charge on any atom is 0.251 e. The van der Waals surface area contributed by atoms with Crippen LogP contribution in [-0.2, 0) is 4.74 Å². The molecule has 0 atom stereocenters. The molecule has 0 aromatic rings. The van der Waals surface area contributed by atoms with Crippen molar-refractivity contribution in [1.29, 1.82) is 0 Å². The number of rotatable bonds is 9. The van der Waals surface area contributed by atoms with Crippen LogP contribution >= 0.6 is 7.26 Å². The molecule has 116 valence electrons. The second-order valence-electron chi connectivity index (χ2n) is 4.92. The van der Waals surface area contributed by atoms with Gasteiger partial charge in [0.05, 0.1) is 24.6 Å². The molecular weight excluding hydrogens is 259 g/mol. The van der Waals surface area contributed by atoms with Crippen molar-refractivity contribution < 1.29 is 14.6 Å². The van der Waals surface area contributed by atoms with Gasteiger partial charge in [0.25, 0.3) is 6.16 Å². The van der Waals surface area contributed by atoms with Gasteiger partial charge in [0.2, 0.25) is 0 Å². The van der Waals surface area contributed by atoms with Gasteiger partial charge in [-0.05, 0) is 32.6 Å². The van der Waals surface area contributed by atoms with Gasteiger partial charge in [-0.1, -0.05) is 27.7 Å². The topological polar surface area (TPSA) is 49.4 Å². The van der Waals surface area contributed by atoms with Gasteiger partial charge in [-0.25, -0.2) is 0 Å². The van der Waals surface area contributed by atoms with Gasteiger partial charge in [0, 0.05) is 13.9 Å². The Labute approximate surface area is 120 Å². The molecule has 0 saturated heterocycles. The van der Waals surface area contributed by atoms with Crippen molar-refractivity contribution >= 4 is 13.4 Å². The molecule has 0 aliphatic carbocycles. The summed E-state index contributed by atoms with van der Waals surface area (Å²) >= 11 is 0. The van der Waals surface area contributed by atoms with Gasteiger partial charge in [-0.2, -0.15) is 0 Å². The number of carboxylic acid groups (broad SMARTS) is 1. The van der Waals surface area contributed by atoms with Crippen LogP contribution < -0.4 is 5.11 Å². The number of carbonyl (C=O) groups is 1. The molecular formula is C15H33O3P. The van der Waals surface area contributed by atoms with E-state index in [1.807, 2.05) is 0 Å². The molecule has 0 aromatic carbocycles. The van der Waals surface area contributed by atoms with Gasteiger partial charge < -0.3 is 14.6 Å². The lowest BCUT2D eigenvalue weighted by Gasteiger charge is -2.26. The standard InChI is InChI=1S/C12H28P.C3H6O3/c1-5-9-13(10-6-2,11-7-3)12-8-4;1-2-6-3(4)5/h5-12H2,1-4H3;2H2,1H3,(H,4,5)/q+1;/p-1. The Kier molecular flexibility index (Phi) is 15.6. The summed E-state index contributed by atoms with van der Waals surface area (Å²) in [5.74, 6) is 0. The predicted octanol–water partition coefficient (Wildman–Crippen LogP) is 4.01. The summed E-state index contributed by atoms with van der Waals surface area (Å²) in [6.45, 7) is 11.2. The quantitative estimate of drug-likeness (QED) is 0.476. The zero-order chi connectivity index (χ0) is 15.1. The largest absolute Gasteiger partial charge is 0.550 e. The summed E-state index contributed by atoms with van der Waals surface area (Å²) in [4.78, 5) is 9.27. The van der Waals surface area contributed by atoms with Crippen molar-refractivity contribution in [3.8, 4) is 0 Å². The van der Waals surface area contributed by atoms with Crippen molar-refractivity contribution in [1.82, 2.24) is 0 Å². The predicted molar refractivity (Wildman–Crippen MR) is 84.6 cm³/mol. The first kappa shape index (κ1) is 21.0. The average Bonchev–Trinajstić information content (AvgIpc) is 2.31. The number of carbonyl (C=O) groups excluding carboxylic acids is 1. The monoisotopic (exact) mass is 292 g/mol. The SMILES string of the molecule is CCC[P+](CCC)(CCC)CCC.CCOC(=O)[O-]. The van der Waals surface area contributed by atoms with Gasteiger partial charge >= 0.3 is 0 Å². The molecule has 0 unspecified atom stereocenters. The summed E-state index contributed by atoms with van der Waals surface area (Å²) < 4.78 is 3.85. The highest BCUT2D eigenvalue weighted by Gasteiger charge is 2.32. The van der Waals surface area contributed by atoms with E-state index in [-0.39, 0.29) is 6.61 Å². The van der Waals surface area contributed by atoms with Crippen LogP contribution in [0.4, 0.5) is 4.79 Å². The maximum absolute atomic E-state index is 9.27. The number of hydrogen-bond acceptors (Lipinski definition) is 3. The van der Waals surface area contributed by atoms with E-state index in [1.165, 1.54) is 25.7 Å². The Morgan fingerprint density at radius 1 is 0.842 bits per heavy atom. The summed E-state index contributed by atoms with van der Waals surface area (Å²) in [6.07, 6.45) is 10.4. The first-order chi connectivity index (χ1) is 9.01. The Hall–Kier alpha value is -0.300. The maximum atomic E-state index is 9.27. The highest BCUT2D eigenvalue weighted by molar-refractivity contribution is 7.75. The third kappa shape index (κ3) is 12.5. The molecule has 4 heteroatoms. The number of hydrogen-bond donors (Lipinski definition) is 0. The zero-order valence-electron chi connectivity index (χ0n) is 13.5. The van der Waals surface area contributed by atoms with Crippen molar-refractivity contribution in [3.05, 3.63) is 0 Å². The van der Waals surface area contributed by atoms with E-state index in [0.717, 1.165) is 0 Å². The van der Waals surface area contributed by atoms with Crippen LogP contribution in [0.5, 0.6) is 0 Å². The summed E-state index contributed by atoms with van der Waals surface area (Å²) in [7, 11) is -0.496. The minimum Gasteiger partial charge on any atom is -0.550 e. The van der Waals surface area contributed by atoms with E-state index in [0.29, 0.717) is 0 Å². The minimum atomic E-state index is -1.46. The third-order valence-corrected chi connectivity index (χ3v) is 8.64. The van der Waals surface area contributed by atoms with E-state index in [9.17, 15) is 9.90 Å². The van der Waals surface area contributed by atoms with E-state index in [1.54, 1.807) is 31.6 Å². The van der Waals surface area contributed by atoms with Crippen LogP contribution in [0.1, 0.15) is 60.3 Å². The first-order valence-electron chi connectivity index (χ1n) is 7.70. The summed E-state index contributed by atoms with van der Waals surface area (Å²) in [5, 5.41) is 9.27. The van der Waals surface area contributed by atoms with Crippen LogP contribution in [0.15, 0.2) is 0 Å². The molecule has 0 aromatic heterocycles. The lowest BCUT2D eigenvalue weighted by atomic mass is 10.5. The Morgan fingerprint density at radius 3 is 1.26 bits per heavy atom. The highest BCUT2D eigenvalue weighted by Crippen LogP contribution is 2.60. The van der Waals surface area contributed by atoms with Crippen molar-refractivity contribution in [2.45, 2.75) is 60.3 Å². The fourth-order valence-corrected chi connectivity index (χ4v) is 7.82. The minimum absolute atomic E-state index is 0.169. The molecule has 0 heterocycles. The zero-order valence-corrected chi connectivity index (χ0v) is 14.4. The fourth-order valence-electron chi connectivity index (χ4n) is 2.69. The summed E-state index contributed by atoms with van der Waals surface area (Å²) in [5.41, 5.74) is 0. The van der Waals surface area contributed by atoms with Gasteiger partial charge in [0.15, 0.2) is 0 Å². The fraction of sp³-hybridized carbons (Fsp3) is 0.933. The van der Waals surface area contributed by atoms with Crippen LogP contribution in [-0.4, -0.2) is 37.4 Å². The first-order valence-corrected chi connectivity index (χ1v) is 10.2. The molecule has 0 radical (unpaired) electrons. The van der Waals surface area contributed by atoms with Crippen molar-refractivity contribution in [2.24, 2.45) is 0 Å². The van der Waals surface area contributed by atoms with Crippen LogP contribution in [0.25, 0.3) is 0 Å². The average molecular weight is 292 g/mol. The van der Waals surface area contributed by atoms with E-state index in [4.69, 9.17) is 0 Å². The van der Waals surface area contributed by atoms with Crippen LogP contribution in [0.3, 0.4) is 0 Å². The lowest BCUT2D eigenvalue weighted by Crippen LogP contribution is -2.23. The van der Waals surface area contributed by atoms with E-state index < -0.39 is 13.4 Å². The van der Waals surface area contributed by atoms with Gasteiger partial charge in [-0.3, -0.25) is 0 Å². The van der Waals surface area contributed by atoms with Gasteiger partial charge in [0.1, 0.15) is 0 Å². The molecule has 3 nitrogen and oxygen atoms in total. The normalized spacial score (nSPS) is 10.6. The molecule has 0 spiro atoms. The van der Waals surface area contributed by atoms with E-state index >= 15 is 0 Å². The highest BCUT2D eigenvalue weighted by atomic mass is 31.2. The van der Waals surface area contributed by atoms with Crippen LogP contribution in [0.2, 0.25) is 0 Å². The molecule has 0 rings (SSSR count). The third-order valence-electron chi connectivity index (χ3n) is 3.05. The molecule has 0 bridgehead atoms. The Balaban J connectivity index is 0. The van der Waals surface area contributed by atoms with Crippen molar-refractivity contribution in [3.63, 3.8) is 0 Å². The molecule has 0 N–H and O–H groups in total. The lowest BCUT2D eigenvalue weighted by molar-refractivity contribution is -0.282. The van der Waals surface area contributed by atoms with Crippen molar-refractivity contribution in [2.75, 3.05) is 31.3 Å².